The molecule has 0 fully saturated rings. The third kappa shape index (κ3) is 4.24. The van der Waals surface area contributed by atoms with Crippen LogP contribution in [0.1, 0.15) is 22.0 Å². The minimum atomic E-state index is -1.12. The van der Waals surface area contributed by atoms with E-state index in [1.165, 1.54) is 30.3 Å². The second-order valence-electron chi connectivity index (χ2n) is 4.70. The van der Waals surface area contributed by atoms with Crippen LogP contribution < -0.4 is 5.32 Å². The number of halogens is 2. The second kappa shape index (κ2) is 7.17. The molecule has 8 heteroatoms. The van der Waals surface area contributed by atoms with E-state index in [2.05, 4.69) is 5.32 Å². The zero-order valence-electron chi connectivity index (χ0n) is 11.7. The summed E-state index contributed by atoms with van der Waals surface area (Å²) in [7, 11) is 0. The van der Waals surface area contributed by atoms with Crippen LogP contribution in [0.15, 0.2) is 42.5 Å². The van der Waals surface area contributed by atoms with Gasteiger partial charge in [-0.05, 0) is 23.8 Å². The Kier molecular flexibility index (Phi) is 5.25. The predicted molar refractivity (Wildman–Crippen MR) is 81.8 cm³/mol. The molecule has 120 valence electrons. The standard InChI is InChI=1S/C15H12ClFN2O4/c16-13-5-4-11(19(22)23)7-12(13)15(21)18-8-14(20)9-2-1-3-10(17)6-9/h1-7,14,20H,8H2,(H,18,21). The average molecular weight is 339 g/mol. The number of carbonyl (C=O) groups excluding carboxylic acids is 1. The first kappa shape index (κ1) is 16.9. The highest BCUT2D eigenvalue weighted by molar-refractivity contribution is 6.33. The predicted octanol–water partition coefficient (Wildman–Crippen LogP) is 2.85. The second-order valence-corrected chi connectivity index (χ2v) is 5.11. The summed E-state index contributed by atoms with van der Waals surface area (Å²) in [5.74, 6) is -1.18. The molecule has 1 amide bonds. The Hall–Kier alpha value is -2.51. The average Bonchev–Trinajstić information content (AvgIpc) is 2.52. The minimum Gasteiger partial charge on any atom is -0.387 e. The normalized spacial score (nSPS) is 11.8. The van der Waals surface area contributed by atoms with E-state index in [0.29, 0.717) is 5.56 Å². The molecule has 0 radical (unpaired) electrons. The molecule has 0 aliphatic heterocycles. The molecule has 23 heavy (non-hydrogen) atoms. The monoisotopic (exact) mass is 338 g/mol. The van der Waals surface area contributed by atoms with Gasteiger partial charge >= 0.3 is 0 Å². The fraction of sp³-hybridized carbons (Fsp3) is 0.133. The molecular formula is C15H12ClFN2O4. The maximum atomic E-state index is 13.1. The summed E-state index contributed by atoms with van der Waals surface area (Å²) in [6.45, 7) is -0.193. The Labute approximate surface area is 135 Å². The molecule has 0 saturated carbocycles. The van der Waals surface area contributed by atoms with Gasteiger partial charge in [0, 0.05) is 18.7 Å². The number of hydrogen-bond acceptors (Lipinski definition) is 4. The zero-order valence-corrected chi connectivity index (χ0v) is 12.5. The van der Waals surface area contributed by atoms with E-state index < -0.39 is 22.8 Å². The molecule has 0 aliphatic carbocycles. The molecule has 0 saturated heterocycles. The van der Waals surface area contributed by atoms with Crippen LogP contribution in [-0.4, -0.2) is 22.5 Å². The molecule has 0 aromatic heterocycles. The smallest absolute Gasteiger partial charge is 0.270 e. The van der Waals surface area contributed by atoms with Gasteiger partial charge in [-0.25, -0.2) is 4.39 Å². The largest absolute Gasteiger partial charge is 0.387 e. The van der Waals surface area contributed by atoms with Crippen LogP contribution in [0.4, 0.5) is 10.1 Å². The molecule has 6 nitrogen and oxygen atoms in total. The lowest BCUT2D eigenvalue weighted by atomic mass is 10.1. The lowest BCUT2D eigenvalue weighted by Crippen LogP contribution is -2.28. The molecule has 2 rings (SSSR count). The Bertz CT molecular complexity index is 754. The van der Waals surface area contributed by atoms with Crippen molar-refractivity contribution in [3.05, 3.63) is 74.5 Å². The molecule has 1 unspecified atom stereocenters. The van der Waals surface area contributed by atoms with Crippen molar-refractivity contribution < 1.29 is 19.2 Å². The summed E-state index contributed by atoms with van der Waals surface area (Å²) in [4.78, 5) is 22.1. The third-order valence-corrected chi connectivity index (χ3v) is 3.42. The van der Waals surface area contributed by atoms with E-state index in [1.54, 1.807) is 0 Å². The lowest BCUT2D eigenvalue weighted by molar-refractivity contribution is -0.384. The number of non-ortho nitro benzene ring substituents is 1. The van der Waals surface area contributed by atoms with Gasteiger partial charge in [0.05, 0.1) is 21.6 Å². The number of hydrogen-bond donors (Lipinski definition) is 2. The van der Waals surface area contributed by atoms with E-state index in [1.807, 2.05) is 0 Å². The van der Waals surface area contributed by atoms with Gasteiger partial charge in [0.2, 0.25) is 0 Å². The third-order valence-electron chi connectivity index (χ3n) is 3.09. The van der Waals surface area contributed by atoms with Gasteiger partial charge in [-0.1, -0.05) is 23.7 Å². The highest BCUT2D eigenvalue weighted by Gasteiger charge is 2.17. The van der Waals surface area contributed by atoms with Crippen molar-refractivity contribution in [3.63, 3.8) is 0 Å². The Morgan fingerprint density at radius 1 is 1.35 bits per heavy atom. The number of nitrogens with zero attached hydrogens (tertiary/aromatic N) is 1. The Morgan fingerprint density at radius 3 is 2.74 bits per heavy atom. The van der Waals surface area contributed by atoms with Crippen LogP contribution >= 0.6 is 11.6 Å². The van der Waals surface area contributed by atoms with Crippen molar-refractivity contribution in [2.75, 3.05) is 6.54 Å². The van der Waals surface area contributed by atoms with Gasteiger partial charge in [0.25, 0.3) is 11.6 Å². The van der Waals surface area contributed by atoms with Crippen LogP contribution in [0, 0.1) is 15.9 Å². The summed E-state index contributed by atoms with van der Waals surface area (Å²) >= 11 is 5.85. The number of benzene rings is 2. The van der Waals surface area contributed by atoms with E-state index in [0.717, 1.165) is 12.1 Å². The topological polar surface area (TPSA) is 92.5 Å². The van der Waals surface area contributed by atoms with Crippen molar-refractivity contribution in [3.8, 4) is 0 Å². The fourth-order valence-corrected chi connectivity index (χ4v) is 2.12. The van der Waals surface area contributed by atoms with Gasteiger partial charge in [-0.2, -0.15) is 0 Å². The van der Waals surface area contributed by atoms with E-state index >= 15 is 0 Å². The van der Waals surface area contributed by atoms with Crippen molar-refractivity contribution >= 4 is 23.2 Å². The van der Waals surface area contributed by atoms with Crippen molar-refractivity contribution in [2.45, 2.75) is 6.10 Å². The van der Waals surface area contributed by atoms with Gasteiger partial charge < -0.3 is 10.4 Å². The summed E-state index contributed by atoms with van der Waals surface area (Å²) in [6.07, 6.45) is -1.12. The van der Waals surface area contributed by atoms with Gasteiger partial charge in [0.1, 0.15) is 5.82 Å². The number of aliphatic hydroxyl groups is 1. The first-order chi connectivity index (χ1) is 10.9. The zero-order chi connectivity index (χ0) is 17.0. The molecule has 0 aliphatic rings. The SMILES string of the molecule is O=C(NCC(O)c1cccc(F)c1)c1cc([N+](=O)[O-])ccc1Cl. The fourth-order valence-electron chi connectivity index (χ4n) is 1.92. The summed E-state index contributed by atoms with van der Waals surface area (Å²) in [6, 6.07) is 8.81. The number of rotatable bonds is 5. The number of aliphatic hydroxyl groups excluding tert-OH is 1. The van der Waals surface area contributed by atoms with E-state index in [4.69, 9.17) is 11.6 Å². The van der Waals surface area contributed by atoms with Crippen LogP contribution in [0.5, 0.6) is 0 Å². The molecular weight excluding hydrogens is 327 g/mol. The molecule has 2 N–H and O–H groups in total. The number of nitro groups is 1. The van der Waals surface area contributed by atoms with Crippen LogP contribution in [0.25, 0.3) is 0 Å². The highest BCUT2D eigenvalue weighted by atomic mass is 35.5. The quantitative estimate of drug-likeness (QED) is 0.647. The number of amides is 1. The summed E-state index contributed by atoms with van der Waals surface area (Å²) in [5, 5.41) is 23.1. The molecule has 2 aromatic carbocycles. The van der Waals surface area contributed by atoms with Crippen LogP contribution in [-0.2, 0) is 0 Å². The van der Waals surface area contributed by atoms with E-state index in [9.17, 15) is 24.4 Å². The Balaban J connectivity index is 2.07. The summed E-state index contributed by atoms with van der Waals surface area (Å²) in [5.41, 5.74) is -0.0482. The van der Waals surface area contributed by atoms with Crippen LogP contribution in [0.3, 0.4) is 0 Å². The Morgan fingerprint density at radius 2 is 2.09 bits per heavy atom. The van der Waals surface area contributed by atoms with E-state index in [-0.39, 0.29) is 22.8 Å². The lowest BCUT2D eigenvalue weighted by Gasteiger charge is -2.13. The van der Waals surface area contributed by atoms with Gasteiger partial charge in [-0.3, -0.25) is 14.9 Å². The van der Waals surface area contributed by atoms with Crippen LogP contribution in [0.2, 0.25) is 5.02 Å². The first-order valence-electron chi connectivity index (χ1n) is 6.54. The minimum absolute atomic E-state index is 0.0494. The molecule has 0 heterocycles. The maximum absolute atomic E-state index is 13.1. The maximum Gasteiger partial charge on any atom is 0.270 e. The van der Waals surface area contributed by atoms with Gasteiger partial charge in [-0.15, -0.1) is 0 Å². The first-order valence-corrected chi connectivity index (χ1v) is 6.92. The number of nitrogens with one attached hydrogen (secondary N) is 1. The number of carbonyl (C=O) groups is 1. The number of nitro benzene ring substituents is 1. The van der Waals surface area contributed by atoms with Crippen molar-refractivity contribution in [1.82, 2.24) is 5.32 Å². The molecule has 0 spiro atoms. The van der Waals surface area contributed by atoms with Crippen molar-refractivity contribution in [2.24, 2.45) is 0 Å². The van der Waals surface area contributed by atoms with Gasteiger partial charge in [0.15, 0.2) is 0 Å². The van der Waals surface area contributed by atoms with Crippen molar-refractivity contribution in [1.29, 1.82) is 0 Å². The summed E-state index contributed by atoms with van der Waals surface area (Å²) < 4.78 is 13.1. The highest BCUT2D eigenvalue weighted by Crippen LogP contribution is 2.22. The molecule has 0 bridgehead atoms. The molecule has 1 atom stereocenters. The molecule has 2 aromatic rings.